The van der Waals surface area contributed by atoms with Gasteiger partial charge in [-0.15, -0.1) is 0 Å². The highest BCUT2D eigenvalue weighted by atomic mass is 16.8. The fraction of sp³-hybridized carbons (Fsp3) is 0.875. The Morgan fingerprint density at radius 1 is 1.64 bits per heavy atom. The summed E-state index contributed by atoms with van der Waals surface area (Å²) in [5.74, 6) is -1.39. The third-order valence-electron chi connectivity index (χ3n) is 2.02. The second-order valence-electron chi connectivity index (χ2n) is 3.69. The molecule has 6 heteroatoms. The Kier molecular flexibility index (Phi) is 5.00. The summed E-state index contributed by atoms with van der Waals surface area (Å²) in [6.07, 6.45) is 0.0240. The fourth-order valence-corrected chi connectivity index (χ4v) is 1.07. The first kappa shape index (κ1) is 13.3. The van der Waals surface area contributed by atoms with Crippen molar-refractivity contribution in [2.75, 3.05) is 13.7 Å². The van der Waals surface area contributed by atoms with Gasteiger partial charge in [0.2, 0.25) is 0 Å². The van der Waals surface area contributed by atoms with Crippen LogP contribution in [0.5, 0.6) is 0 Å². The molecule has 0 saturated carbocycles. The molecule has 0 rings (SSSR count). The third-order valence-corrected chi connectivity index (χ3v) is 2.02. The normalized spacial score (nSPS) is 14.2. The summed E-state index contributed by atoms with van der Waals surface area (Å²) in [6.45, 7) is 2.52. The van der Waals surface area contributed by atoms with Crippen LogP contribution in [0.1, 0.15) is 20.3 Å². The summed E-state index contributed by atoms with van der Waals surface area (Å²) in [7, 11) is 1.20. The van der Waals surface area contributed by atoms with Gasteiger partial charge in [0, 0.05) is 5.54 Å². The van der Waals surface area contributed by atoms with Gasteiger partial charge >= 0.3 is 5.97 Å². The summed E-state index contributed by atoms with van der Waals surface area (Å²) < 4.78 is 4.43. The molecule has 0 aromatic rings. The number of aliphatic hydroxyl groups is 1. The van der Waals surface area contributed by atoms with E-state index in [1.165, 1.54) is 21.0 Å². The van der Waals surface area contributed by atoms with Gasteiger partial charge in [-0.2, -0.15) is 0 Å². The Morgan fingerprint density at radius 3 is 2.43 bits per heavy atom. The molecule has 84 valence electrons. The fourth-order valence-electron chi connectivity index (χ4n) is 1.07. The summed E-state index contributed by atoms with van der Waals surface area (Å²) in [5, 5.41) is 28.0. The van der Waals surface area contributed by atoms with Crippen molar-refractivity contribution >= 4 is 5.97 Å². The first-order chi connectivity index (χ1) is 6.35. The molecule has 0 aromatic carbocycles. The summed E-state index contributed by atoms with van der Waals surface area (Å²) in [5.41, 5.74) is -1.12. The average Bonchev–Trinajstić information content (AvgIpc) is 2.12. The van der Waals surface area contributed by atoms with E-state index in [0.717, 1.165) is 0 Å². The molecule has 0 amide bonds. The van der Waals surface area contributed by atoms with Gasteiger partial charge in [-0.3, -0.25) is 10.0 Å². The second kappa shape index (κ2) is 5.26. The van der Waals surface area contributed by atoms with Gasteiger partial charge < -0.3 is 20.3 Å². The number of esters is 1. The Bertz CT molecular complexity index is 192. The maximum absolute atomic E-state index is 11.1. The number of rotatable bonds is 5. The summed E-state index contributed by atoms with van der Waals surface area (Å²) in [4.78, 5) is 11.1. The number of ether oxygens (including phenoxy) is 1. The van der Waals surface area contributed by atoms with Gasteiger partial charge in [-0.1, -0.05) is 0 Å². The van der Waals surface area contributed by atoms with Gasteiger partial charge in [0.1, 0.15) is 0 Å². The topological polar surface area (TPSA) is 93.1 Å². The van der Waals surface area contributed by atoms with Crippen LogP contribution in [0.25, 0.3) is 0 Å². The Hall–Kier alpha value is -0.690. The van der Waals surface area contributed by atoms with Crippen molar-refractivity contribution in [2.24, 2.45) is 5.92 Å². The van der Waals surface area contributed by atoms with Crippen LogP contribution in [-0.4, -0.2) is 40.8 Å². The molecule has 6 nitrogen and oxygen atoms in total. The summed E-state index contributed by atoms with van der Waals surface area (Å²) in [6, 6.07) is 0. The van der Waals surface area contributed by atoms with Crippen LogP contribution in [0, 0.1) is 11.1 Å². The van der Waals surface area contributed by atoms with Crippen molar-refractivity contribution in [3.63, 3.8) is 0 Å². The molecular weight excluding hydrogens is 190 g/mol. The first-order valence-electron chi connectivity index (χ1n) is 4.20. The largest absolute Gasteiger partial charge is 0.762 e. The monoisotopic (exact) mass is 206 g/mol. The molecule has 0 bridgehead atoms. The molecule has 0 spiro atoms. The van der Waals surface area contributed by atoms with E-state index in [-0.39, 0.29) is 11.6 Å². The maximum Gasteiger partial charge on any atom is 0.311 e. The predicted molar refractivity (Wildman–Crippen MR) is 48.3 cm³/mol. The van der Waals surface area contributed by atoms with Gasteiger partial charge in [0.05, 0.1) is 19.6 Å². The van der Waals surface area contributed by atoms with Crippen molar-refractivity contribution in [3.8, 4) is 0 Å². The van der Waals surface area contributed by atoms with Crippen molar-refractivity contribution in [1.29, 1.82) is 0 Å². The van der Waals surface area contributed by atoms with Gasteiger partial charge in [0.25, 0.3) is 0 Å². The van der Waals surface area contributed by atoms with E-state index in [4.69, 9.17) is 10.3 Å². The number of nitrogens with zero attached hydrogens (tertiary/aromatic N) is 1. The zero-order valence-electron chi connectivity index (χ0n) is 8.56. The van der Waals surface area contributed by atoms with Crippen molar-refractivity contribution in [2.45, 2.75) is 25.8 Å². The molecule has 1 atom stereocenters. The highest BCUT2D eigenvalue weighted by molar-refractivity contribution is 5.72. The molecular formula is C8H16NO5-. The Morgan fingerprint density at radius 2 is 2.14 bits per heavy atom. The van der Waals surface area contributed by atoms with Crippen molar-refractivity contribution in [1.82, 2.24) is 5.23 Å². The van der Waals surface area contributed by atoms with Gasteiger partial charge in [0.15, 0.2) is 0 Å². The molecule has 0 aliphatic carbocycles. The zero-order chi connectivity index (χ0) is 11.4. The minimum absolute atomic E-state index is 0.0240. The molecule has 0 aliphatic heterocycles. The SMILES string of the molecule is COC(=O)C(CO)CC(C)(C)N([O-])O. The standard InChI is InChI=1S/C8H16NO5/c1-8(2,9(12)13)4-6(5-10)7(11)14-3/h6,10,12H,4-5H2,1-3H3/q-1. The highest BCUT2D eigenvalue weighted by Gasteiger charge is 2.28. The van der Waals surface area contributed by atoms with Crippen molar-refractivity contribution < 1.29 is 19.8 Å². The predicted octanol–water partition coefficient (Wildman–Crippen LogP) is 0.126. The molecule has 0 saturated heterocycles. The van der Waals surface area contributed by atoms with E-state index in [1.54, 1.807) is 0 Å². The van der Waals surface area contributed by atoms with E-state index < -0.39 is 24.0 Å². The van der Waals surface area contributed by atoms with Gasteiger partial charge in [-0.25, -0.2) is 0 Å². The molecule has 14 heavy (non-hydrogen) atoms. The van der Waals surface area contributed by atoms with Crippen LogP contribution in [0.15, 0.2) is 0 Å². The number of methoxy groups -OCH3 is 1. The van der Waals surface area contributed by atoms with Crippen LogP contribution < -0.4 is 0 Å². The number of hydrogen-bond acceptors (Lipinski definition) is 6. The number of carbonyl (C=O) groups is 1. The lowest BCUT2D eigenvalue weighted by molar-refractivity contribution is -0.154. The number of carbonyl (C=O) groups excluding carboxylic acids is 1. The van der Waals surface area contributed by atoms with Crippen LogP contribution >= 0.6 is 0 Å². The first-order valence-corrected chi connectivity index (χ1v) is 4.20. The maximum atomic E-state index is 11.1. The third kappa shape index (κ3) is 3.59. The second-order valence-corrected chi connectivity index (χ2v) is 3.69. The lowest BCUT2D eigenvalue weighted by Crippen LogP contribution is -2.41. The van der Waals surface area contributed by atoms with Crippen molar-refractivity contribution in [3.05, 3.63) is 5.21 Å². The molecule has 2 N–H and O–H groups in total. The smallest absolute Gasteiger partial charge is 0.311 e. The molecule has 0 fully saturated rings. The molecule has 0 heterocycles. The number of aliphatic hydroxyl groups excluding tert-OH is 1. The Balaban J connectivity index is 4.38. The van der Waals surface area contributed by atoms with Crippen LogP contribution in [0.4, 0.5) is 0 Å². The number of hydrogen-bond donors (Lipinski definition) is 2. The van der Waals surface area contributed by atoms with E-state index in [2.05, 4.69) is 4.74 Å². The quantitative estimate of drug-likeness (QED) is 0.490. The zero-order valence-corrected chi connectivity index (χ0v) is 8.56. The highest BCUT2D eigenvalue weighted by Crippen LogP contribution is 2.22. The van der Waals surface area contributed by atoms with Crippen LogP contribution in [0.3, 0.4) is 0 Å². The number of hydroxylamine groups is 2. The molecule has 0 aliphatic rings. The summed E-state index contributed by atoms with van der Waals surface area (Å²) >= 11 is 0. The molecule has 0 aromatic heterocycles. The minimum Gasteiger partial charge on any atom is -0.762 e. The lowest BCUT2D eigenvalue weighted by atomic mass is 9.91. The van der Waals surface area contributed by atoms with Crippen LogP contribution in [-0.2, 0) is 9.53 Å². The van der Waals surface area contributed by atoms with E-state index in [0.29, 0.717) is 0 Å². The van der Waals surface area contributed by atoms with E-state index in [9.17, 15) is 10.0 Å². The lowest BCUT2D eigenvalue weighted by Gasteiger charge is -2.39. The van der Waals surface area contributed by atoms with Crippen LogP contribution in [0.2, 0.25) is 0 Å². The Labute approximate surface area is 82.6 Å². The van der Waals surface area contributed by atoms with E-state index >= 15 is 0 Å². The van der Waals surface area contributed by atoms with E-state index in [1.807, 2.05) is 0 Å². The minimum atomic E-state index is -1.12. The van der Waals surface area contributed by atoms with Gasteiger partial charge in [-0.05, 0) is 20.3 Å². The molecule has 0 radical (unpaired) electrons. The average molecular weight is 206 g/mol. The molecule has 1 unspecified atom stereocenters.